The molecule has 30 heavy (non-hydrogen) atoms. The van der Waals surface area contributed by atoms with Crippen LogP contribution in [0.25, 0.3) is 0 Å². The van der Waals surface area contributed by atoms with Gasteiger partial charge in [0.05, 0.1) is 19.1 Å². The molecule has 1 N–H and O–H groups in total. The van der Waals surface area contributed by atoms with Gasteiger partial charge in [0.25, 0.3) is 0 Å². The van der Waals surface area contributed by atoms with Gasteiger partial charge in [-0.25, -0.2) is 0 Å². The highest BCUT2D eigenvalue weighted by atomic mass is 35.5. The maximum Gasteiger partial charge on any atom is 0.225 e. The first-order valence-electron chi connectivity index (χ1n) is 10.5. The van der Waals surface area contributed by atoms with Crippen LogP contribution in [0, 0.1) is 5.92 Å². The van der Waals surface area contributed by atoms with E-state index >= 15 is 0 Å². The molecule has 2 aromatic carbocycles. The molecule has 0 bridgehead atoms. The topological polar surface area (TPSA) is 58.6 Å². The standard InChI is InChI=1S/C24H29ClN2O3/c1-3-4-15-27-22(28)14-13-21(23(27)18-7-11-20(30-2)12-8-18)24(29)26-16-17-5-9-19(25)10-6-17/h5-12,21,23H,3-4,13-16H2,1-2H3,(H,26,29)/t21-,23-/m0/s1. The van der Waals surface area contributed by atoms with Gasteiger partial charge in [-0.1, -0.05) is 49.2 Å². The molecule has 1 saturated heterocycles. The number of amides is 2. The van der Waals surface area contributed by atoms with Crippen molar-refractivity contribution in [3.63, 3.8) is 0 Å². The Bertz CT molecular complexity index is 852. The molecule has 0 spiro atoms. The molecule has 0 saturated carbocycles. The van der Waals surface area contributed by atoms with Gasteiger partial charge in [0.1, 0.15) is 5.75 Å². The van der Waals surface area contributed by atoms with Crippen LogP contribution in [0.3, 0.4) is 0 Å². The molecule has 0 aliphatic carbocycles. The summed E-state index contributed by atoms with van der Waals surface area (Å²) in [5.41, 5.74) is 1.95. The number of carbonyl (C=O) groups is 2. The number of piperidine rings is 1. The molecule has 2 amide bonds. The maximum atomic E-state index is 13.2. The monoisotopic (exact) mass is 428 g/mol. The Balaban J connectivity index is 1.81. The minimum Gasteiger partial charge on any atom is -0.497 e. The van der Waals surface area contributed by atoms with Crippen molar-refractivity contribution in [2.24, 2.45) is 5.92 Å². The largest absolute Gasteiger partial charge is 0.497 e. The Morgan fingerprint density at radius 1 is 1.17 bits per heavy atom. The molecule has 0 unspecified atom stereocenters. The Morgan fingerprint density at radius 3 is 2.50 bits per heavy atom. The van der Waals surface area contributed by atoms with E-state index in [2.05, 4.69) is 12.2 Å². The van der Waals surface area contributed by atoms with E-state index in [1.807, 2.05) is 53.4 Å². The van der Waals surface area contributed by atoms with Gasteiger partial charge in [0.2, 0.25) is 11.8 Å². The highest BCUT2D eigenvalue weighted by Crippen LogP contribution is 2.37. The van der Waals surface area contributed by atoms with Crippen LogP contribution in [0.1, 0.15) is 49.8 Å². The second-order valence-electron chi connectivity index (χ2n) is 7.65. The van der Waals surface area contributed by atoms with Crippen molar-refractivity contribution in [3.8, 4) is 5.75 Å². The molecule has 3 rings (SSSR count). The van der Waals surface area contributed by atoms with Crippen molar-refractivity contribution in [1.82, 2.24) is 10.2 Å². The smallest absolute Gasteiger partial charge is 0.225 e. The highest BCUT2D eigenvalue weighted by Gasteiger charge is 2.40. The third kappa shape index (κ3) is 5.33. The lowest BCUT2D eigenvalue weighted by atomic mass is 9.83. The van der Waals surface area contributed by atoms with E-state index in [4.69, 9.17) is 16.3 Å². The van der Waals surface area contributed by atoms with Crippen molar-refractivity contribution in [3.05, 3.63) is 64.7 Å². The van der Waals surface area contributed by atoms with Crippen LogP contribution in [-0.4, -0.2) is 30.4 Å². The van der Waals surface area contributed by atoms with Crippen LogP contribution in [0.15, 0.2) is 48.5 Å². The SMILES string of the molecule is CCCCN1C(=O)CC[C@H](C(=O)NCc2ccc(Cl)cc2)[C@@H]1c1ccc(OC)cc1. The molecule has 0 radical (unpaired) electrons. The fraction of sp³-hybridized carbons (Fsp3) is 0.417. The van der Waals surface area contributed by atoms with E-state index < -0.39 is 0 Å². The van der Waals surface area contributed by atoms with Crippen LogP contribution >= 0.6 is 11.6 Å². The molecule has 2 aromatic rings. The average molecular weight is 429 g/mol. The van der Waals surface area contributed by atoms with E-state index in [1.54, 1.807) is 7.11 Å². The molecule has 1 aliphatic rings. The summed E-state index contributed by atoms with van der Waals surface area (Å²) in [5, 5.41) is 3.73. The molecule has 2 atom stereocenters. The number of nitrogens with zero attached hydrogens (tertiary/aromatic N) is 1. The number of benzene rings is 2. The number of carbonyl (C=O) groups excluding carboxylic acids is 2. The van der Waals surface area contributed by atoms with Crippen LogP contribution in [0.5, 0.6) is 5.75 Å². The van der Waals surface area contributed by atoms with Crippen molar-refractivity contribution in [2.75, 3.05) is 13.7 Å². The van der Waals surface area contributed by atoms with Gasteiger partial charge >= 0.3 is 0 Å². The summed E-state index contributed by atoms with van der Waals surface area (Å²) >= 11 is 5.94. The number of unbranched alkanes of at least 4 members (excludes halogenated alkanes) is 1. The fourth-order valence-corrected chi connectivity index (χ4v) is 4.08. The Kier molecular flexibility index (Phi) is 7.75. The summed E-state index contributed by atoms with van der Waals surface area (Å²) in [6, 6.07) is 14.9. The molecule has 0 aromatic heterocycles. The molecular weight excluding hydrogens is 400 g/mol. The zero-order valence-electron chi connectivity index (χ0n) is 17.6. The summed E-state index contributed by atoms with van der Waals surface area (Å²) < 4.78 is 5.27. The average Bonchev–Trinajstić information content (AvgIpc) is 2.77. The summed E-state index contributed by atoms with van der Waals surface area (Å²) in [6.45, 7) is 3.20. The minimum absolute atomic E-state index is 0.0280. The van der Waals surface area contributed by atoms with Gasteiger partial charge in [-0.2, -0.15) is 0 Å². The zero-order chi connectivity index (χ0) is 21.5. The number of nitrogens with one attached hydrogen (secondary N) is 1. The first kappa shape index (κ1) is 22.2. The number of likely N-dealkylation sites (tertiary alicyclic amines) is 1. The van der Waals surface area contributed by atoms with Crippen LogP contribution in [0.2, 0.25) is 5.02 Å². The van der Waals surface area contributed by atoms with E-state index in [1.165, 1.54) is 0 Å². The number of methoxy groups -OCH3 is 1. The van der Waals surface area contributed by atoms with E-state index in [9.17, 15) is 9.59 Å². The van der Waals surface area contributed by atoms with E-state index in [0.29, 0.717) is 31.0 Å². The lowest BCUT2D eigenvalue weighted by Gasteiger charge is -2.41. The number of rotatable bonds is 8. The van der Waals surface area contributed by atoms with Crippen LogP contribution in [-0.2, 0) is 16.1 Å². The molecule has 6 heteroatoms. The number of halogens is 1. The molecule has 1 heterocycles. The molecule has 1 aliphatic heterocycles. The summed E-state index contributed by atoms with van der Waals surface area (Å²) in [5.74, 6) is 0.552. The van der Waals surface area contributed by atoms with Crippen molar-refractivity contribution in [1.29, 1.82) is 0 Å². The van der Waals surface area contributed by atoms with E-state index in [0.717, 1.165) is 29.7 Å². The third-order valence-electron chi connectivity index (χ3n) is 5.63. The summed E-state index contributed by atoms with van der Waals surface area (Å²) in [7, 11) is 1.62. The van der Waals surface area contributed by atoms with Gasteiger partial charge in [-0.15, -0.1) is 0 Å². The van der Waals surface area contributed by atoms with Crippen LogP contribution in [0.4, 0.5) is 0 Å². The van der Waals surface area contributed by atoms with Crippen molar-refractivity contribution in [2.45, 2.75) is 45.2 Å². The van der Waals surface area contributed by atoms with Gasteiger partial charge in [-0.05, 0) is 48.2 Å². The van der Waals surface area contributed by atoms with E-state index in [-0.39, 0.29) is 23.8 Å². The molecular formula is C24H29ClN2O3. The lowest BCUT2D eigenvalue weighted by Crippen LogP contribution is -2.48. The van der Waals surface area contributed by atoms with Gasteiger partial charge in [0, 0.05) is 24.5 Å². The molecule has 160 valence electrons. The maximum absolute atomic E-state index is 13.2. The second kappa shape index (κ2) is 10.5. The lowest BCUT2D eigenvalue weighted by molar-refractivity contribution is -0.143. The van der Waals surface area contributed by atoms with Crippen molar-refractivity contribution < 1.29 is 14.3 Å². The first-order valence-corrected chi connectivity index (χ1v) is 10.9. The predicted octanol–water partition coefficient (Wildman–Crippen LogP) is 4.74. The molecule has 5 nitrogen and oxygen atoms in total. The Hall–Kier alpha value is -2.53. The van der Waals surface area contributed by atoms with Crippen molar-refractivity contribution >= 4 is 23.4 Å². The minimum atomic E-state index is -0.291. The van der Waals surface area contributed by atoms with Gasteiger partial charge in [0.15, 0.2) is 0 Å². The normalized spacial score (nSPS) is 18.9. The first-order chi connectivity index (χ1) is 14.5. The Labute approximate surface area is 183 Å². The summed E-state index contributed by atoms with van der Waals surface area (Å²) in [6.07, 6.45) is 2.85. The highest BCUT2D eigenvalue weighted by molar-refractivity contribution is 6.30. The zero-order valence-corrected chi connectivity index (χ0v) is 18.3. The number of ether oxygens (including phenoxy) is 1. The Morgan fingerprint density at radius 2 is 1.87 bits per heavy atom. The fourth-order valence-electron chi connectivity index (χ4n) is 3.96. The predicted molar refractivity (Wildman–Crippen MR) is 118 cm³/mol. The second-order valence-corrected chi connectivity index (χ2v) is 8.08. The third-order valence-corrected chi connectivity index (χ3v) is 5.89. The van der Waals surface area contributed by atoms with Crippen LogP contribution < -0.4 is 10.1 Å². The summed E-state index contributed by atoms with van der Waals surface area (Å²) in [4.78, 5) is 27.8. The quantitative estimate of drug-likeness (QED) is 0.660. The molecule has 1 fully saturated rings. The van der Waals surface area contributed by atoms with Gasteiger partial charge in [-0.3, -0.25) is 9.59 Å². The number of hydrogen-bond donors (Lipinski definition) is 1. The number of hydrogen-bond acceptors (Lipinski definition) is 3. The van der Waals surface area contributed by atoms with Gasteiger partial charge < -0.3 is 15.0 Å².